The van der Waals surface area contributed by atoms with Crippen LogP contribution in [-0.4, -0.2) is 24.6 Å². The molecular weight excluding hydrogens is 252 g/mol. The quantitative estimate of drug-likeness (QED) is 0.768. The number of nitrogens with one attached hydrogen (secondary N) is 2. The molecule has 112 valence electrons. The Morgan fingerprint density at radius 3 is 2.55 bits per heavy atom. The van der Waals surface area contributed by atoms with Gasteiger partial charge in [-0.3, -0.25) is 4.79 Å². The summed E-state index contributed by atoms with van der Waals surface area (Å²) in [5, 5.41) is 6.25. The third-order valence-corrected chi connectivity index (χ3v) is 3.25. The van der Waals surface area contributed by atoms with Gasteiger partial charge in [0.2, 0.25) is 5.91 Å². The van der Waals surface area contributed by atoms with Crippen LogP contribution < -0.4 is 15.4 Å². The molecule has 1 rings (SSSR count). The maximum absolute atomic E-state index is 12.1. The summed E-state index contributed by atoms with van der Waals surface area (Å²) >= 11 is 0. The van der Waals surface area contributed by atoms with E-state index in [1.54, 1.807) is 0 Å². The predicted molar refractivity (Wildman–Crippen MR) is 83.2 cm³/mol. The van der Waals surface area contributed by atoms with Crippen molar-refractivity contribution in [2.45, 2.75) is 52.6 Å². The van der Waals surface area contributed by atoms with Crippen LogP contribution >= 0.6 is 0 Å². The van der Waals surface area contributed by atoms with E-state index in [0.717, 1.165) is 24.3 Å². The van der Waals surface area contributed by atoms with Crippen LogP contribution in [0.5, 0.6) is 5.75 Å². The van der Waals surface area contributed by atoms with Crippen molar-refractivity contribution in [1.29, 1.82) is 0 Å². The third kappa shape index (κ3) is 5.11. The van der Waals surface area contributed by atoms with Crippen LogP contribution in [0.15, 0.2) is 24.3 Å². The lowest BCUT2D eigenvalue weighted by Crippen LogP contribution is -2.42. The van der Waals surface area contributed by atoms with Gasteiger partial charge in [0.15, 0.2) is 0 Å². The van der Waals surface area contributed by atoms with E-state index in [1.165, 1.54) is 0 Å². The largest absolute Gasteiger partial charge is 0.494 e. The highest BCUT2D eigenvalue weighted by Crippen LogP contribution is 2.18. The first kappa shape index (κ1) is 16.3. The van der Waals surface area contributed by atoms with E-state index >= 15 is 0 Å². The maximum atomic E-state index is 12.1. The topological polar surface area (TPSA) is 50.4 Å². The van der Waals surface area contributed by atoms with Gasteiger partial charge in [-0.2, -0.15) is 0 Å². The molecule has 0 fully saturated rings. The fourth-order valence-corrected chi connectivity index (χ4v) is 1.98. The number of rotatable bonds is 8. The number of amides is 1. The van der Waals surface area contributed by atoms with Gasteiger partial charge in [-0.05, 0) is 38.8 Å². The molecule has 4 heteroatoms. The van der Waals surface area contributed by atoms with Crippen molar-refractivity contribution in [3.63, 3.8) is 0 Å². The summed E-state index contributed by atoms with van der Waals surface area (Å²) in [6, 6.07) is 7.64. The van der Waals surface area contributed by atoms with Gasteiger partial charge in [0.05, 0.1) is 6.61 Å². The summed E-state index contributed by atoms with van der Waals surface area (Å²) < 4.78 is 5.45. The molecule has 0 saturated heterocycles. The van der Waals surface area contributed by atoms with E-state index in [1.807, 2.05) is 38.1 Å². The molecule has 0 aromatic heterocycles. The molecule has 1 unspecified atom stereocenters. The summed E-state index contributed by atoms with van der Waals surface area (Å²) in [6.07, 6.45) is 1.91. The van der Waals surface area contributed by atoms with E-state index in [0.29, 0.717) is 6.61 Å². The Bertz CT molecular complexity index is 417. The number of hydrogen-bond donors (Lipinski definition) is 2. The molecule has 1 aromatic rings. The Balaban J connectivity index is 2.58. The van der Waals surface area contributed by atoms with Crippen molar-refractivity contribution in [3.05, 3.63) is 24.3 Å². The molecule has 20 heavy (non-hydrogen) atoms. The third-order valence-electron chi connectivity index (χ3n) is 3.25. The van der Waals surface area contributed by atoms with Gasteiger partial charge in [-0.15, -0.1) is 0 Å². The minimum Gasteiger partial charge on any atom is -0.494 e. The van der Waals surface area contributed by atoms with Crippen LogP contribution in [0.1, 0.15) is 40.5 Å². The highest BCUT2D eigenvalue weighted by atomic mass is 16.5. The van der Waals surface area contributed by atoms with Gasteiger partial charge >= 0.3 is 0 Å². The molecular formula is C16H26N2O2. The molecule has 0 aliphatic carbocycles. The normalized spacial score (nSPS) is 12.1. The maximum Gasteiger partial charge on any atom is 0.242 e. The molecule has 2 N–H and O–H groups in total. The van der Waals surface area contributed by atoms with Gasteiger partial charge in [0.25, 0.3) is 0 Å². The Hall–Kier alpha value is -1.71. The minimum atomic E-state index is -0.271. The lowest BCUT2D eigenvalue weighted by Gasteiger charge is -2.20. The SMILES string of the molecule is CCOc1cccc(NC(C)C(=O)NC(CC)CC)c1. The van der Waals surface area contributed by atoms with E-state index in [-0.39, 0.29) is 18.0 Å². The molecule has 0 bridgehead atoms. The van der Waals surface area contributed by atoms with Crippen LogP contribution in [-0.2, 0) is 4.79 Å². The van der Waals surface area contributed by atoms with Crippen LogP contribution in [0.2, 0.25) is 0 Å². The zero-order valence-corrected chi connectivity index (χ0v) is 12.9. The van der Waals surface area contributed by atoms with Crippen molar-refractivity contribution in [3.8, 4) is 5.75 Å². The van der Waals surface area contributed by atoms with Crippen molar-refractivity contribution in [1.82, 2.24) is 5.32 Å². The van der Waals surface area contributed by atoms with Gasteiger partial charge < -0.3 is 15.4 Å². The fourth-order valence-electron chi connectivity index (χ4n) is 1.98. The minimum absolute atomic E-state index is 0.0283. The first-order chi connectivity index (χ1) is 9.60. The van der Waals surface area contributed by atoms with E-state index in [9.17, 15) is 4.79 Å². The zero-order chi connectivity index (χ0) is 15.0. The monoisotopic (exact) mass is 278 g/mol. The second-order valence-electron chi connectivity index (χ2n) is 4.85. The van der Waals surface area contributed by atoms with Crippen LogP contribution in [0.4, 0.5) is 5.69 Å². The van der Waals surface area contributed by atoms with Crippen LogP contribution in [0.25, 0.3) is 0 Å². The first-order valence-electron chi connectivity index (χ1n) is 7.40. The summed E-state index contributed by atoms with van der Waals surface area (Å²) in [5.74, 6) is 0.839. The number of carbonyl (C=O) groups excluding carboxylic acids is 1. The molecule has 0 spiro atoms. The lowest BCUT2D eigenvalue weighted by molar-refractivity contribution is -0.122. The Morgan fingerprint density at radius 1 is 1.25 bits per heavy atom. The lowest BCUT2D eigenvalue weighted by atomic mass is 10.1. The van der Waals surface area contributed by atoms with Gasteiger partial charge in [-0.25, -0.2) is 0 Å². The number of anilines is 1. The summed E-state index contributed by atoms with van der Waals surface area (Å²) in [5.41, 5.74) is 0.892. The van der Waals surface area contributed by atoms with Crippen molar-refractivity contribution in [2.24, 2.45) is 0 Å². The van der Waals surface area contributed by atoms with Gasteiger partial charge in [0, 0.05) is 17.8 Å². The van der Waals surface area contributed by atoms with Crippen LogP contribution in [0, 0.1) is 0 Å². The number of benzene rings is 1. The molecule has 0 radical (unpaired) electrons. The zero-order valence-electron chi connectivity index (χ0n) is 12.9. The first-order valence-corrected chi connectivity index (χ1v) is 7.40. The van der Waals surface area contributed by atoms with Gasteiger partial charge in [-0.1, -0.05) is 19.9 Å². The molecule has 1 atom stereocenters. The predicted octanol–water partition coefficient (Wildman–Crippen LogP) is 3.19. The highest BCUT2D eigenvalue weighted by Gasteiger charge is 2.15. The average molecular weight is 278 g/mol. The molecule has 0 aliphatic rings. The van der Waals surface area contributed by atoms with E-state index < -0.39 is 0 Å². The molecule has 1 amide bonds. The number of hydrogen-bond acceptors (Lipinski definition) is 3. The summed E-state index contributed by atoms with van der Waals surface area (Å²) in [6.45, 7) is 8.61. The Morgan fingerprint density at radius 2 is 1.95 bits per heavy atom. The summed E-state index contributed by atoms with van der Waals surface area (Å²) in [7, 11) is 0. The second-order valence-corrected chi connectivity index (χ2v) is 4.85. The number of carbonyl (C=O) groups is 1. The van der Waals surface area contributed by atoms with Crippen molar-refractivity contribution in [2.75, 3.05) is 11.9 Å². The molecule has 1 aromatic carbocycles. The smallest absolute Gasteiger partial charge is 0.242 e. The number of ether oxygens (including phenoxy) is 1. The molecule has 0 saturated carbocycles. The Labute approximate surface area is 121 Å². The standard InChI is InChI=1S/C16H26N2O2/c1-5-13(6-2)18-16(19)12(4)17-14-9-8-10-15(11-14)20-7-3/h8-13,17H,5-7H2,1-4H3,(H,18,19). The van der Waals surface area contributed by atoms with Crippen molar-refractivity contribution >= 4 is 11.6 Å². The molecule has 4 nitrogen and oxygen atoms in total. The highest BCUT2D eigenvalue weighted by molar-refractivity contribution is 5.84. The van der Waals surface area contributed by atoms with Crippen LogP contribution in [0.3, 0.4) is 0 Å². The molecule has 0 aliphatic heterocycles. The van der Waals surface area contributed by atoms with E-state index in [4.69, 9.17) is 4.74 Å². The Kier molecular flexibility index (Phi) is 6.91. The second kappa shape index (κ2) is 8.46. The summed E-state index contributed by atoms with van der Waals surface area (Å²) in [4.78, 5) is 12.1. The van der Waals surface area contributed by atoms with E-state index in [2.05, 4.69) is 24.5 Å². The molecule has 0 heterocycles. The van der Waals surface area contributed by atoms with Crippen molar-refractivity contribution < 1.29 is 9.53 Å². The average Bonchev–Trinajstić information content (AvgIpc) is 2.45. The van der Waals surface area contributed by atoms with Gasteiger partial charge in [0.1, 0.15) is 11.8 Å². The fraction of sp³-hybridized carbons (Fsp3) is 0.562.